The monoisotopic (exact) mass is 468 g/mol. The molecule has 0 fully saturated rings. The third kappa shape index (κ3) is 3.66. The number of benzene rings is 3. The van der Waals surface area contributed by atoms with Crippen LogP contribution in [0.5, 0.6) is 17.2 Å². The lowest BCUT2D eigenvalue weighted by Gasteiger charge is -2.31. The zero-order valence-corrected chi connectivity index (χ0v) is 17.4. The van der Waals surface area contributed by atoms with Gasteiger partial charge >= 0.3 is 0 Å². The Balaban J connectivity index is 1.58. The molecule has 3 aromatic carbocycles. The van der Waals surface area contributed by atoms with Crippen molar-refractivity contribution in [1.29, 1.82) is 0 Å². The smallest absolute Gasteiger partial charge is 0.231 e. The number of nitrogens with one attached hydrogen (secondary N) is 1. The minimum absolute atomic E-state index is 0.195. The van der Waals surface area contributed by atoms with Crippen LogP contribution < -0.4 is 14.8 Å². The number of rotatable bonds is 3. The second kappa shape index (κ2) is 7.74. The SMILES string of the molecule is Oc1ccc(Br)cc1[C@@H]1CC(c2ccc3c(c2)OCO3)=N[C@@H](c2cccc(F)c2)N1. The van der Waals surface area contributed by atoms with Gasteiger partial charge < -0.3 is 14.6 Å². The largest absolute Gasteiger partial charge is 0.508 e. The van der Waals surface area contributed by atoms with Crippen molar-refractivity contribution < 1.29 is 19.0 Å². The van der Waals surface area contributed by atoms with E-state index >= 15 is 0 Å². The third-order valence-corrected chi connectivity index (χ3v) is 5.77. The van der Waals surface area contributed by atoms with Crippen LogP contribution in [0, 0.1) is 5.82 Å². The van der Waals surface area contributed by atoms with E-state index in [9.17, 15) is 9.50 Å². The van der Waals surface area contributed by atoms with Gasteiger partial charge in [-0.2, -0.15) is 0 Å². The molecule has 0 aliphatic carbocycles. The van der Waals surface area contributed by atoms with Gasteiger partial charge in [0.1, 0.15) is 17.7 Å². The zero-order valence-electron chi connectivity index (χ0n) is 15.8. The van der Waals surface area contributed by atoms with Crippen LogP contribution in [0.2, 0.25) is 0 Å². The zero-order chi connectivity index (χ0) is 20.7. The van der Waals surface area contributed by atoms with E-state index in [4.69, 9.17) is 14.5 Å². The highest BCUT2D eigenvalue weighted by atomic mass is 79.9. The van der Waals surface area contributed by atoms with Crippen molar-refractivity contribution in [2.45, 2.75) is 18.6 Å². The molecule has 0 aromatic heterocycles. The number of nitrogens with zero attached hydrogens (tertiary/aromatic N) is 1. The number of hydrogen-bond donors (Lipinski definition) is 2. The molecule has 0 saturated heterocycles. The average Bonchev–Trinajstić information content (AvgIpc) is 3.23. The Labute approximate surface area is 181 Å². The minimum Gasteiger partial charge on any atom is -0.508 e. The Bertz CT molecular complexity index is 1150. The average molecular weight is 469 g/mol. The molecule has 3 aromatic rings. The van der Waals surface area contributed by atoms with Crippen molar-refractivity contribution in [3.8, 4) is 17.2 Å². The molecule has 0 bridgehead atoms. The normalized spacial score (nSPS) is 20.1. The van der Waals surface area contributed by atoms with Gasteiger partial charge in [0.15, 0.2) is 11.5 Å². The minimum atomic E-state index is -0.460. The van der Waals surface area contributed by atoms with Gasteiger partial charge in [-0.05, 0) is 59.7 Å². The molecule has 0 radical (unpaired) electrons. The molecule has 2 heterocycles. The first-order chi connectivity index (χ1) is 14.6. The van der Waals surface area contributed by atoms with Gasteiger partial charge in [-0.25, -0.2) is 4.39 Å². The molecule has 2 N–H and O–H groups in total. The fourth-order valence-electron chi connectivity index (χ4n) is 3.81. The Hall–Kier alpha value is -2.90. The first-order valence-corrected chi connectivity index (χ1v) is 10.3. The summed E-state index contributed by atoms with van der Waals surface area (Å²) < 4.78 is 25.7. The highest BCUT2D eigenvalue weighted by Crippen LogP contribution is 2.38. The predicted molar refractivity (Wildman–Crippen MR) is 115 cm³/mol. The van der Waals surface area contributed by atoms with Crippen molar-refractivity contribution >= 4 is 21.6 Å². The summed E-state index contributed by atoms with van der Waals surface area (Å²) in [6, 6.07) is 17.2. The summed E-state index contributed by atoms with van der Waals surface area (Å²) in [6.45, 7) is 0.202. The van der Waals surface area contributed by atoms with Crippen LogP contribution in [-0.2, 0) is 0 Å². The van der Waals surface area contributed by atoms with Crippen LogP contribution in [-0.4, -0.2) is 17.6 Å². The summed E-state index contributed by atoms with van der Waals surface area (Å²) >= 11 is 3.48. The summed E-state index contributed by atoms with van der Waals surface area (Å²) in [6.07, 6.45) is 0.0911. The summed E-state index contributed by atoms with van der Waals surface area (Å²) in [5.74, 6) is 1.26. The number of fused-ring (bicyclic) bond motifs is 1. The molecule has 0 unspecified atom stereocenters. The van der Waals surface area contributed by atoms with E-state index in [1.54, 1.807) is 18.2 Å². The molecule has 2 atom stereocenters. The number of halogens is 2. The van der Waals surface area contributed by atoms with Crippen LogP contribution in [0.25, 0.3) is 0 Å². The van der Waals surface area contributed by atoms with Crippen molar-refractivity contribution in [1.82, 2.24) is 5.32 Å². The van der Waals surface area contributed by atoms with Crippen LogP contribution in [0.15, 0.2) is 70.1 Å². The first-order valence-electron chi connectivity index (χ1n) is 9.53. The standard InChI is InChI=1S/C23H18BrFN2O3/c24-15-5-6-20(28)17(10-15)19-11-18(13-4-7-21-22(9-13)30-12-29-21)26-23(27-19)14-2-1-3-16(25)8-14/h1-10,19,23,27-28H,11-12H2/t19-,23+/m0/s1. The van der Waals surface area contributed by atoms with Crippen molar-refractivity contribution in [3.63, 3.8) is 0 Å². The molecule has 7 heteroatoms. The fraction of sp³-hybridized carbons (Fsp3) is 0.174. The highest BCUT2D eigenvalue weighted by Gasteiger charge is 2.29. The van der Waals surface area contributed by atoms with E-state index in [1.807, 2.05) is 30.3 Å². The first kappa shape index (κ1) is 19.1. The molecule has 2 aliphatic rings. The second-order valence-electron chi connectivity index (χ2n) is 7.23. The molecule has 5 nitrogen and oxygen atoms in total. The van der Waals surface area contributed by atoms with E-state index in [1.165, 1.54) is 12.1 Å². The lowest BCUT2D eigenvalue weighted by Crippen LogP contribution is -2.33. The number of aromatic hydroxyl groups is 1. The third-order valence-electron chi connectivity index (χ3n) is 5.28. The van der Waals surface area contributed by atoms with Crippen LogP contribution in [0.1, 0.15) is 35.3 Å². The molecule has 0 spiro atoms. The predicted octanol–water partition coefficient (Wildman–Crippen LogP) is 5.25. The summed E-state index contributed by atoms with van der Waals surface area (Å²) in [7, 11) is 0. The Morgan fingerprint density at radius 2 is 1.90 bits per heavy atom. The van der Waals surface area contributed by atoms with Crippen molar-refractivity contribution in [2.24, 2.45) is 4.99 Å². The van der Waals surface area contributed by atoms with Crippen LogP contribution in [0.4, 0.5) is 4.39 Å². The van der Waals surface area contributed by atoms with Crippen molar-refractivity contribution in [2.75, 3.05) is 6.79 Å². The number of hydrogen-bond acceptors (Lipinski definition) is 5. The van der Waals surface area contributed by atoms with E-state index < -0.39 is 6.17 Å². The van der Waals surface area contributed by atoms with Gasteiger partial charge in [0.05, 0.1) is 0 Å². The topological polar surface area (TPSA) is 63.1 Å². The lowest BCUT2D eigenvalue weighted by atomic mass is 9.93. The van der Waals surface area contributed by atoms with E-state index in [0.717, 1.165) is 21.3 Å². The molecule has 0 saturated carbocycles. The summed E-state index contributed by atoms with van der Waals surface area (Å²) in [4.78, 5) is 4.87. The van der Waals surface area contributed by atoms with Gasteiger partial charge in [0.2, 0.25) is 6.79 Å². The van der Waals surface area contributed by atoms with E-state index in [2.05, 4.69) is 21.2 Å². The molecule has 2 aliphatic heterocycles. The van der Waals surface area contributed by atoms with Crippen LogP contribution in [0.3, 0.4) is 0 Å². The van der Waals surface area contributed by atoms with Gasteiger partial charge in [-0.1, -0.05) is 28.1 Å². The van der Waals surface area contributed by atoms with Gasteiger partial charge in [0, 0.05) is 28.2 Å². The van der Waals surface area contributed by atoms with E-state index in [0.29, 0.717) is 23.5 Å². The molecule has 30 heavy (non-hydrogen) atoms. The summed E-state index contributed by atoms with van der Waals surface area (Å²) in [5, 5.41) is 13.9. The fourth-order valence-corrected chi connectivity index (χ4v) is 4.19. The molecule has 0 amide bonds. The Morgan fingerprint density at radius 1 is 1.03 bits per heavy atom. The van der Waals surface area contributed by atoms with Gasteiger partial charge in [0.25, 0.3) is 0 Å². The number of phenolic OH excluding ortho intramolecular Hbond substituents is 1. The number of ether oxygens (including phenoxy) is 2. The quantitative estimate of drug-likeness (QED) is 0.551. The maximum atomic E-state index is 13.9. The van der Waals surface area contributed by atoms with Gasteiger partial charge in [-0.3, -0.25) is 10.3 Å². The number of aliphatic imine (C=N–C) groups is 1. The summed E-state index contributed by atoms with van der Waals surface area (Å²) in [5.41, 5.74) is 3.21. The molecular weight excluding hydrogens is 451 g/mol. The molecular formula is C23H18BrFN2O3. The van der Waals surface area contributed by atoms with E-state index in [-0.39, 0.29) is 24.4 Å². The Morgan fingerprint density at radius 3 is 2.77 bits per heavy atom. The maximum absolute atomic E-state index is 13.9. The Kier molecular flexibility index (Phi) is 4.92. The number of phenols is 1. The van der Waals surface area contributed by atoms with Crippen molar-refractivity contribution in [3.05, 3.63) is 87.6 Å². The van der Waals surface area contributed by atoms with Gasteiger partial charge in [-0.15, -0.1) is 0 Å². The second-order valence-corrected chi connectivity index (χ2v) is 8.14. The highest BCUT2D eigenvalue weighted by molar-refractivity contribution is 9.10. The lowest BCUT2D eigenvalue weighted by molar-refractivity contribution is 0.174. The molecule has 152 valence electrons. The maximum Gasteiger partial charge on any atom is 0.231 e. The molecule has 5 rings (SSSR count). The van der Waals surface area contributed by atoms with Crippen LogP contribution >= 0.6 is 15.9 Å².